The second-order valence-corrected chi connectivity index (χ2v) is 4.73. The van der Waals surface area contributed by atoms with Crippen LogP contribution in [-0.2, 0) is 16.0 Å². The number of nitrogens with one attached hydrogen (secondary N) is 1. The van der Waals surface area contributed by atoms with E-state index < -0.39 is 0 Å². The first-order valence-corrected chi connectivity index (χ1v) is 7.28. The summed E-state index contributed by atoms with van der Waals surface area (Å²) < 4.78 is 15.9. The molecule has 0 heterocycles. The average Bonchev–Trinajstić information content (AvgIpc) is 2.49. The molecule has 0 aliphatic rings. The molecule has 1 N–H and O–H groups in total. The fraction of sp³-hybridized carbons (Fsp3) is 0.625. The lowest BCUT2D eigenvalue weighted by Crippen LogP contribution is -2.29. The molecular weight excluding hydrogens is 254 g/mol. The first-order chi connectivity index (χ1) is 9.80. The molecule has 4 nitrogen and oxygen atoms in total. The van der Waals surface area contributed by atoms with Gasteiger partial charge < -0.3 is 19.5 Å². The van der Waals surface area contributed by atoms with E-state index in [4.69, 9.17) is 14.2 Å². The number of hydrogen-bond donors (Lipinski definition) is 1. The third-order valence-corrected chi connectivity index (χ3v) is 3.11. The lowest BCUT2D eigenvalue weighted by molar-refractivity contribution is -0.0989. The van der Waals surface area contributed by atoms with Gasteiger partial charge in [0, 0.05) is 27.3 Å². The van der Waals surface area contributed by atoms with Crippen LogP contribution in [0.15, 0.2) is 24.3 Å². The van der Waals surface area contributed by atoms with Crippen LogP contribution in [0, 0.1) is 0 Å². The van der Waals surface area contributed by atoms with Crippen molar-refractivity contribution in [1.82, 2.24) is 5.32 Å². The Morgan fingerprint density at radius 3 is 2.35 bits per heavy atom. The number of hydrogen-bond acceptors (Lipinski definition) is 4. The molecule has 0 unspecified atom stereocenters. The van der Waals surface area contributed by atoms with Crippen LogP contribution in [0.4, 0.5) is 0 Å². The molecule has 1 aromatic rings. The SMILES string of the molecule is CCCCCOc1ccc(CNCC(OC)OC)cc1. The third kappa shape index (κ3) is 6.89. The molecule has 0 atom stereocenters. The summed E-state index contributed by atoms with van der Waals surface area (Å²) in [6.45, 7) is 4.45. The third-order valence-electron chi connectivity index (χ3n) is 3.11. The monoisotopic (exact) mass is 281 g/mol. The maximum atomic E-state index is 5.68. The van der Waals surface area contributed by atoms with Crippen molar-refractivity contribution in [2.75, 3.05) is 27.4 Å². The summed E-state index contributed by atoms with van der Waals surface area (Å²) in [7, 11) is 3.28. The zero-order chi connectivity index (χ0) is 14.6. The van der Waals surface area contributed by atoms with E-state index in [2.05, 4.69) is 24.4 Å². The van der Waals surface area contributed by atoms with Gasteiger partial charge in [-0.25, -0.2) is 0 Å². The summed E-state index contributed by atoms with van der Waals surface area (Å²) in [4.78, 5) is 0. The summed E-state index contributed by atoms with van der Waals surface area (Å²) in [5.74, 6) is 0.941. The molecule has 0 saturated carbocycles. The Hall–Kier alpha value is -1.10. The molecule has 1 aromatic carbocycles. The normalized spacial score (nSPS) is 11.0. The van der Waals surface area contributed by atoms with Crippen LogP contribution in [0.25, 0.3) is 0 Å². The molecular formula is C16H27NO3. The molecule has 0 saturated heterocycles. The molecule has 0 bridgehead atoms. The highest BCUT2D eigenvalue weighted by Crippen LogP contribution is 2.12. The summed E-state index contributed by atoms with van der Waals surface area (Å²) in [5.41, 5.74) is 1.22. The van der Waals surface area contributed by atoms with Gasteiger partial charge in [0.2, 0.25) is 0 Å². The fourth-order valence-electron chi connectivity index (χ4n) is 1.84. The molecule has 0 amide bonds. The van der Waals surface area contributed by atoms with E-state index in [0.717, 1.165) is 25.3 Å². The van der Waals surface area contributed by atoms with Crippen LogP contribution in [0.2, 0.25) is 0 Å². The molecule has 0 aliphatic heterocycles. The van der Waals surface area contributed by atoms with Crippen molar-refractivity contribution in [2.24, 2.45) is 0 Å². The maximum Gasteiger partial charge on any atom is 0.169 e. The first-order valence-electron chi connectivity index (χ1n) is 7.28. The van der Waals surface area contributed by atoms with E-state index in [0.29, 0.717) is 6.54 Å². The van der Waals surface area contributed by atoms with Crippen LogP contribution < -0.4 is 10.1 Å². The molecule has 0 aromatic heterocycles. The molecule has 0 spiro atoms. The van der Waals surface area contributed by atoms with Crippen molar-refractivity contribution >= 4 is 0 Å². The molecule has 4 heteroatoms. The maximum absolute atomic E-state index is 5.68. The van der Waals surface area contributed by atoms with Crippen molar-refractivity contribution in [3.63, 3.8) is 0 Å². The van der Waals surface area contributed by atoms with Gasteiger partial charge in [-0.15, -0.1) is 0 Å². The highest BCUT2D eigenvalue weighted by molar-refractivity contribution is 5.27. The zero-order valence-corrected chi connectivity index (χ0v) is 12.9. The minimum atomic E-state index is -0.198. The largest absolute Gasteiger partial charge is 0.494 e. The Morgan fingerprint density at radius 2 is 1.75 bits per heavy atom. The highest BCUT2D eigenvalue weighted by Gasteiger charge is 2.03. The van der Waals surface area contributed by atoms with Crippen molar-refractivity contribution in [1.29, 1.82) is 0 Å². The minimum absolute atomic E-state index is 0.198. The van der Waals surface area contributed by atoms with E-state index in [1.54, 1.807) is 14.2 Å². The van der Waals surface area contributed by atoms with Crippen LogP contribution in [0.5, 0.6) is 5.75 Å². The summed E-state index contributed by atoms with van der Waals surface area (Å²) in [6, 6.07) is 8.20. The number of methoxy groups -OCH3 is 2. The highest BCUT2D eigenvalue weighted by atomic mass is 16.7. The Labute approximate surface area is 122 Å². The van der Waals surface area contributed by atoms with Gasteiger partial charge in [-0.2, -0.15) is 0 Å². The van der Waals surface area contributed by atoms with Crippen LogP contribution >= 0.6 is 0 Å². The predicted molar refractivity (Wildman–Crippen MR) is 81.0 cm³/mol. The molecule has 0 radical (unpaired) electrons. The summed E-state index contributed by atoms with van der Waals surface area (Å²) in [5, 5.41) is 3.29. The smallest absolute Gasteiger partial charge is 0.169 e. The zero-order valence-electron chi connectivity index (χ0n) is 12.9. The van der Waals surface area contributed by atoms with Gasteiger partial charge in [-0.1, -0.05) is 31.9 Å². The minimum Gasteiger partial charge on any atom is -0.494 e. The van der Waals surface area contributed by atoms with E-state index in [9.17, 15) is 0 Å². The van der Waals surface area contributed by atoms with Crippen LogP contribution in [-0.4, -0.2) is 33.7 Å². The number of unbranched alkanes of at least 4 members (excludes halogenated alkanes) is 2. The predicted octanol–water partition coefficient (Wildman–Crippen LogP) is 2.96. The van der Waals surface area contributed by atoms with Gasteiger partial charge >= 0.3 is 0 Å². The number of ether oxygens (including phenoxy) is 3. The Bertz CT molecular complexity index is 336. The van der Waals surface area contributed by atoms with Gasteiger partial charge in [-0.3, -0.25) is 0 Å². The molecule has 114 valence electrons. The fourth-order valence-corrected chi connectivity index (χ4v) is 1.84. The second kappa shape index (κ2) is 10.7. The second-order valence-electron chi connectivity index (χ2n) is 4.73. The van der Waals surface area contributed by atoms with E-state index in [-0.39, 0.29) is 6.29 Å². The van der Waals surface area contributed by atoms with Gasteiger partial charge in [-0.05, 0) is 24.1 Å². The van der Waals surface area contributed by atoms with Crippen molar-refractivity contribution in [2.45, 2.75) is 39.0 Å². The topological polar surface area (TPSA) is 39.7 Å². The number of benzene rings is 1. The Balaban J connectivity index is 2.24. The average molecular weight is 281 g/mol. The lowest BCUT2D eigenvalue weighted by atomic mass is 10.2. The van der Waals surface area contributed by atoms with E-state index >= 15 is 0 Å². The standard InChI is InChI=1S/C16H27NO3/c1-4-5-6-11-20-15-9-7-14(8-10-15)12-17-13-16(18-2)19-3/h7-10,16-17H,4-6,11-13H2,1-3H3. The van der Waals surface area contributed by atoms with Crippen molar-refractivity contribution in [3.8, 4) is 5.75 Å². The Kier molecular flexibility index (Phi) is 9.04. The van der Waals surface area contributed by atoms with Crippen LogP contribution in [0.1, 0.15) is 31.7 Å². The van der Waals surface area contributed by atoms with Gasteiger partial charge in [0.15, 0.2) is 6.29 Å². The van der Waals surface area contributed by atoms with E-state index in [1.165, 1.54) is 18.4 Å². The first kappa shape index (κ1) is 17.0. The summed E-state index contributed by atoms with van der Waals surface area (Å²) >= 11 is 0. The number of rotatable bonds is 11. The molecule has 0 fully saturated rings. The van der Waals surface area contributed by atoms with Gasteiger partial charge in [0.05, 0.1) is 6.61 Å². The molecule has 0 aliphatic carbocycles. The van der Waals surface area contributed by atoms with Gasteiger partial charge in [0.25, 0.3) is 0 Å². The van der Waals surface area contributed by atoms with E-state index in [1.807, 2.05) is 12.1 Å². The van der Waals surface area contributed by atoms with Gasteiger partial charge in [0.1, 0.15) is 5.75 Å². The lowest BCUT2D eigenvalue weighted by Gasteiger charge is -2.14. The summed E-state index contributed by atoms with van der Waals surface area (Å²) in [6.07, 6.45) is 3.37. The van der Waals surface area contributed by atoms with Crippen LogP contribution in [0.3, 0.4) is 0 Å². The van der Waals surface area contributed by atoms with Crippen molar-refractivity contribution in [3.05, 3.63) is 29.8 Å². The molecule has 1 rings (SSSR count). The Morgan fingerprint density at radius 1 is 1.05 bits per heavy atom. The quantitative estimate of drug-likeness (QED) is 0.500. The van der Waals surface area contributed by atoms with Crippen molar-refractivity contribution < 1.29 is 14.2 Å². The molecule has 20 heavy (non-hydrogen) atoms.